The van der Waals surface area contributed by atoms with E-state index in [-0.39, 0.29) is 6.10 Å². The molecule has 0 atom stereocenters. The number of aryl methyl sites for hydroxylation is 1. The predicted molar refractivity (Wildman–Crippen MR) is 134 cm³/mol. The van der Waals surface area contributed by atoms with Gasteiger partial charge >= 0.3 is 0 Å². The van der Waals surface area contributed by atoms with Crippen molar-refractivity contribution >= 4 is 28.2 Å². The van der Waals surface area contributed by atoms with Crippen molar-refractivity contribution in [3.05, 3.63) is 72.9 Å². The van der Waals surface area contributed by atoms with E-state index in [4.69, 9.17) is 14.5 Å². The lowest BCUT2D eigenvalue weighted by Crippen LogP contribution is -2.34. The lowest BCUT2D eigenvalue weighted by atomic mass is 10.1. The molecule has 9 heteroatoms. The Labute approximate surface area is 202 Å². The standard InChI is InChI=1S/C26H25N7O2/c1-17-14-18(2-4-22(17)34-20-8-12-33-13-11-28-23(33)15-20)31-26-25-21(29-16-30-26)3-5-24(32-25)35-19-6-9-27-10-7-19/h2-5,8,11-16,19,27H,6-7,9-10H2,1H3,(H,29,30,31). The summed E-state index contributed by atoms with van der Waals surface area (Å²) in [5.74, 6) is 2.73. The quantitative estimate of drug-likeness (QED) is 0.372. The Morgan fingerprint density at radius 3 is 2.80 bits per heavy atom. The van der Waals surface area contributed by atoms with Crippen LogP contribution in [0.1, 0.15) is 18.4 Å². The fourth-order valence-electron chi connectivity index (χ4n) is 4.22. The van der Waals surface area contributed by atoms with Gasteiger partial charge in [0.05, 0.1) is 5.52 Å². The number of fused-ring (bicyclic) bond motifs is 2. The van der Waals surface area contributed by atoms with E-state index in [1.54, 1.807) is 6.20 Å². The summed E-state index contributed by atoms with van der Waals surface area (Å²) in [6.07, 6.45) is 9.25. The van der Waals surface area contributed by atoms with Crippen LogP contribution in [0.15, 0.2) is 67.4 Å². The highest BCUT2D eigenvalue weighted by molar-refractivity contribution is 5.87. The zero-order valence-corrected chi connectivity index (χ0v) is 19.3. The largest absolute Gasteiger partial charge is 0.474 e. The van der Waals surface area contributed by atoms with Crippen LogP contribution in [0.3, 0.4) is 0 Å². The molecule has 5 heterocycles. The molecule has 9 nitrogen and oxygen atoms in total. The van der Waals surface area contributed by atoms with Crippen molar-refractivity contribution in [2.75, 3.05) is 18.4 Å². The molecular weight excluding hydrogens is 442 g/mol. The number of rotatable bonds is 6. The highest BCUT2D eigenvalue weighted by atomic mass is 16.5. The van der Waals surface area contributed by atoms with Gasteiger partial charge in [-0.2, -0.15) is 0 Å². The summed E-state index contributed by atoms with van der Waals surface area (Å²) in [5, 5.41) is 6.73. The van der Waals surface area contributed by atoms with Crippen LogP contribution in [0.5, 0.6) is 17.4 Å². The summed E-state index contributed by atoms with van der Waals surface area (Å²) in [7, 11) is 0. The van der Waals surface area contributed by atoms with Crippen LogP contribution in [-0.2, 0) is 0 Å². The van der Waals surface area contributed by atoms with Crippen molar-refractivity contribution in [2.45, 2.75) is 25.9 Å². The average molecular weight is 468 g/mol. The molecule has 0 amide bonds. The summed E-state index contributed by atoms with van der Waals surface area (Å²) < 4.78 is 14.2. The summed E-state index contributed by atoms with van der Waals surface area (Å²) in [5.41, 5.74) is 4.13. The Balaban J connectivity index is 1.22. The van der Waals surface area contributed by atoms with Gasteiger partial charge in [0.15, 0.2) is 5.82 Å². The predicted octanol–water partition coefficient (Wildman–Crippen LogP) is 4.65. The molecule has 0 aliphatic carbocycles. The van der Waals surface area contributed by atoms with Crippen LogP contribution >= 0.6 is 0 Å². The minimum atomic E-state index is 0.173. The first kappa shape index (κ1) is 21.3. The molecule has 1 aliphatic heterocycles. The Hall–Kier alpha value is -4.24. The van der Waals surface area contributed by atoms with Crippen molar-refractivity contribution in [3.63, 3.8) is 0 Å². The third-order valence-electron chi connectivity index (χ3n) is 6.06. The van der Waals surface area contributed by atoms with Crippen molar-refractivity contribution in [3.8, 4) is 17.4 Å². The first-order valence-electron chi connectivity index (χ1n) is 11.7. The molecule has 2 N–H and O–H groups in total. The molecule has 1 aromatic carbocycles. The van der Waals surface area contributed by atoms with E-state index in [0.717, 1.165) is 59.8 Å². The van der Waals surface area contributed by atoms with E-state index in [0.29, 0.717) is 17.2 Å². The van der Waals surface area contributed by atoms with Gasteiger partial charge in [0.1, 0.15) is 35.1 Å². The molecule has 1 saturated heterocycles. The third kappa shape index (κ3) is 4.58. The summed E-state index contributed by atoms with van der Waals surface area (Å²) >= 11 is 0. The van der Waals surface area contributed by atoms with Crippen LogP contribution < -0.4 is 20.1 Å². The molecule has 0 spiro atoms. The number of hydrogen-bond donors (Lipinski definition) is 2. The van der Waals surface area contributed by atoms with Crippen molar-refractivity contribution in [1.82, 2.24) is 29.7 Å². The Morgan fingerprint density at radius 1 is 1.00 bits per heavy atom. The van der Waals surface area contributed by atoms with E-state index in [1.165, 1.54) is 6.33 Å². The van der Waals surface area contributed by atoms with Crippen LogP contribution in [0, 0.1) is 6.92 Å². The number of imidazole rings is 1. The molecule has 35 heavy (non-hydrogen) atoms. The van der Waals surface area contributed by atoms with E-state index < -0.39 is 0 Å². The maximum atomic E-state index is 6.12. The summed E-state index contributed by atoms with van der Waals surface area (Å²) in [6, 6.07) is 13.5. The number of anilines is 2. The minimum absolute atomic E-state index is 0.173. The molecule has 1 aliphatic rings. The fraction of sp³-hybridized carbons (Fsp3) is 0.231. The molecule has 176 valence electrons. The van der Waals surface area contributed by atoms with Crippen LogP contribution in [-0.4, -0.2) is 43.5 Å². The fourth-order valence-corrected chi connectivity index (χ4v) is 4.22. The van der Waals surface area contributed by atoms with Crippen molar-refractivity contribution < 1.29 is 9.47 Å². The zero-order chi connectivity index (χ0) is 23.6. The van der Waals surface area contributed by atoms with Crippen molar-refractivity contribution in [2.24, 2.45) is 0 Å². The van der Waals surface area contributed by atoms with Gasteiger partial charge in [0.25, 0.3) is 0 Å². The lowest BCUT2D eigenvalue weighted by molar-refractivity contribution is 0.156. The second-order valence-corrected chi connectivity index (χ2v) is 8.57. The van der Waals surface area contributed by atoms with Gasteiger partial charge in [0, 0.05) is 36.4 Å². The SMILES string of the molecule is Cc1cc(Nc2ncnc3ccc(OC4CCNCC4)nc23)ccc1Oc1ccn2ccnc2c1. The Morgan fingerprint density at radius 2 is 1.91 bits per heavy atom. The van der Waals surface area contributed by atoms with Gasteiger partial charge in [-0.1, -0.05) is 0 Å². The molecule has 0 unspecified atom stereocenters. The first-order valence-corrected chi connectivity index (χ1v) is 11.7. The molecular formula is C26H25N7O2. The van der Waals surface area contributed by atoms with Gasteiger partial charge in [-0.3, -0.25) is 0 Å². The van der Waals surface area contributed by atoms with Crippen LogP contribution in [0.4, 0.5) is 11.5 Å². The van der Waals surface area contributed by atoms with E-state index in [1.807, 2.05) is 66.2 Å². The maximum Gasteiger partial charge on any atom is 0.214 e. The first-order chi connectivity index (χ1) is 17.2. The Kier molecular flexibility index (Phi) is 5.59. The number of nitrogens with zero attached hydrogens (tertiary/aromatic N) is 5. The molecule has 0 saturated carbocycles. The van der Waals surface area contributed by atoms with Gasteiger partial charge in [-0.15, -0.1) is 0 Å². The minimum Gasteiger partial charge on any atom is -0.474 e. The van der Waals surface area contributed by atoms with Gasteiger partial charge in [-0.05, 0) is 68.8 Å². The normalized spacial score (nSPS) is 14.3. The number of nitrogens with one attached hydrogen (secondary N) is 2. The highest BCUT2D eigenvalue weighted by Gasteiger charge is 2.16. The van der Waals surface area contributed by atoms with Crippen molar-refractivity contribution in [1.29, 1.82) is 0 Å². The number of benzene rings is 1. The smallest absolute Gasteiger partial charge is 0.214 e. The molecule has 0 bridgehead atoms. The van der Waals surface area contributed by atoms with E-state index in [2.05, 4.69) is 25.6 Å². The monoisotopic (exact) mass is 467 g/mol. The van der Waals surface area contributed by atoms with Gasteiger partial charge in [0.2, 0.25) is 5.88 Å². The lowest BCUT2D eigenvalue weighted by Gasteiger charge is -2.23. The van der Waals surface area contributed by atoms with Gasteiger partial charge in [-0.25, -0.2) is 19.9 Å². The number of ether oxygens (including phenoxy) is 2. The Bertz CT molecular complexity index is 1490. The van der Waals surface area contributed by atoms with Crippen LogP contribution in [0.25, 0.3) is 16.7 Å². The second-order valence-electron chi connectivity index (χ2n) is 8.57. The van der Waals surface area contributed by atoms with E-state index >= 15 is 0 Å². The van der Waals surface area contributed by atoms with Gasteiger partial charge < -0.3 is 24.5 Å². The average Bonchev–Trinajstić information content (AvgIpc) is 3.35. The van der Waals surface area contributed by atoms with Crippen LogP contribution in [0.2, 0.25) is 0 Å². The molecule has 4 aromatic heterocycles. The topological polar surface area (TPSA) is 98.5 Å². The molecule has 0 radical (unpaired) electrons. The molecule has 1 fully saturated rings. The summed E-state index contributed by atoms with van der Waals surface area (Å²) in [4.78, 5) is 17.8. The number of aromatic nitrogens is 5. The number of hydrogen-bond acceptors (Lipinski definition) is 8. The number of piperidine rings is 1. The molecule has 6 rings (SSSR count). The number of pyridine rings is 2. The maximum absolute atomic E-state index is 6.12. The second kappa shape index (κ2) is 9.19. The van der Waals surface area contributed by atoms with E-state index in [9.17, 15) is 0 Å². The summed E-state index contributed by atoms with van der Waals surface area (Å²) in [6.45, 7) is 3.94. The third-order valence-corrected chi connectivity index (χ3v) is 6.06. The molecule has 5 aromatic rings. The highest BCUT2D eigenvalue weighted by Crippen LogP contribution is 2.30. The zero-order valence-electron chi connectivity index (χ0n) is 19.3.